The lowest BCUT2D eigenvalue weighted by Crippen LogP contribution is -2.44. The van der Waals surface area contributed by atoms with Crippen molar-refractivity contribution in [3.8, 4) is 22.3 Å². The average molecular weight is 479 g/mol. The third kappa shape index (κ3) is 4.46. The van der Waals surface area contributed by atoms with Crippen LogP contribution in [-0.2, 0) is 11.2 Å². The number of amides is 1. The fourth-order valence-electron chi connectivity index (χ4n) is 4.77. The van der Waals surface area contributed by atoms with Crippen molar-refractivity contribution in [1.82, 2.24) is 10.3 Å². The molecule has 3 heterocycles. The van der Waals surface area contributed by atoms with Crippen molar-refractivity contribution in [2.24, 2.45) is 5.92 Å². The number of rotatable bonds is 4. The van der Waals surface area contributed by atoms with Crippen molar-refractivity contribution < 1.29 is 18.3 Å². The maximum Gasteiger partial charge on any atom is 0.254 e. The van der Waals surface area contributed by atoms with E-state index in [1.807, 2.05) is 24.3 Å². The van der Waals surface area contributed by atoms with E-state index >= 15 is 0 Å². The molecule has 1 fully saturated rings. The lowest BCUT2D eigenvalue weighted by Gasteiger charge is -2.36. The highest BCUT2D eigenvalue weighted by Crippen LogP contribution is 2.35. The Labute approximate surface area is 203 Å². The molecule has 0 bridgehead atoms. The Kier molecular flexibility index (Phi) is 6.15. The molecule has 3 N–H and O–H groups in total. The number of hydrogen-bond acceptors (Lipinski definition) is 5. The minimum Gasteiger partial charge on any atom is -0.383 e. The van der Waals surface area contributed by atoms with Crippen molar-refractivity contribution >= 4 is 17.4 Å². The molecule has 2 aliphatic rings. The number of anilines is 2. The molecule has 3 aromatic rings. The first-order valence-corrected chi connectivity index (χ1v) is 11.9. The van der Waals surface area contributed by atoms with E-state index in [2.05, 4.69) is 29.0 Å². The zero-order chi connectivity index (χ0) is 24.7. The summed E-state index contributed by atoms with van der Waals surface area (Å²) in [5, 5.41) is 2.65. The summed E-state index contributed by atoms with van der Waals surface area (Å²) in [4.78, 5) is 18.2. The topological polar surface area (TPSA) is 80.5 Å². The van der Waals surface area contributed by atoms with E-state index < -0.39 is 17.7 Å². The number of morpholine rings is 1. The summed E-state index contributed by atoms with van der Waals surface area (Å²) in [6, 6.07) is 12.2. The van der Waals surface area contributed by atoms with Gasteiger partial charge in [-0.05, 0) is 59.4 Å². The highest BCUT2D eigenvalue weighted by Gasteiger charge is 2.25. The highest BCUT2D eigenvalue weighted by atomic mass is 19.1. The lowest BCUT2D eigenvalue weighted by atomic mass is 9.93. The van der Waals surface area contributed by atoms with Crippen molar-refractivity contribution in [3.63, 3.8) is 0 Å². The van der Waals surface area contributed by atoms with Gasteiger partial charge in [0.25, 0.3) is 5.91 Å². The van der Waals surface area contributed by atoms with Gasteiger partial charge in [-0.25, -0.2) is 9.37 Å². The first-order valence-electron chi connectivity index (χ1n) is 11.9. The Hall–Kier alpha value is -3.52. The van der Waals surface area contributed by atoms with Crippen LogP contribution in [0.2, 0.25) is 0 Å². The van der Waals surface area contributed by atoms with Gasteiger partial charge in [-0.3, -0.25) is 4.79 Å². The molecule has 5 rings (SSSR count). The van der Waals surface area contributed by atoms with Crippen LogP contribution >= 0.6 is 0 Å². The van der Waals surface area contributed by atoms with Gasteiger partial charge in [-0.15, -0.1) is 0 Å². The molecule has 0 radical (unpaired) electrons. The van der Waals surface area contributed by atoms with Gasteiger partial charge in [0.15, 0.2) is 0 Å². The van der Waals surface area contributed by atoms with Gasteiger partial charge in [0.05, 0.1) is 18.3 Å². The van der Waals surface area contributed by atoms with E-state index in [-0.39, 0.29) is 23.0 Å². The van der Waals surface area contributed by atoms with Crippen LogP contribution in [0.25, 0.3) is 22.3 Å². The predicted molar refractivity (Wildman–Crippen MR) is 132 cm³/mol. The molecule has 0 unspecified atom stereocenters. The summed E-state index contributed by atoms with van der Waals surface area (Å²) < 4.78 is 35.5. The van der Waals surface area contributed by atoms with Crippen LogP contribution in [0.15, 0.2) is 42.5 Å². The van der Waals surface area contributed by atoms with E-state index in [1.54, 1.807) is 12.1 Å². The van der Waals surface area contributed by atoms with Crippen molar-refractivity contribution in [1.29, 1.82) is 0 Å². The maximum atomic E-state index is 14.9. The summed E-state index contributed by atoms with van der Waals surface area (Å²) in [6.07, 6.45) is 0.682. The summed E-state index contributed by atoms with van der Waals surface area (Å²) in [5.41, 5.74) is 9.54. The molecule has 0 aliphatic carbocycles. The number of ether oxygens (including phenoxy) is 1. The van der Waals surface area contributed by atoms with E-state index in [9.17, 15) is 13.6 Å². The predicted octanol–water partition coefficient (Wildman–Crippen LogP) is 4.42. The van der Waals surface area contributed by atoms with Gasteiger partial charge < -0.3 is 20.7 Å². The molecule has 1 amide bonds. The number of benzene rings is 2. The molecule has 0 saturated carbocycles. The number of aromatic nitrogens is 1. The number of fused-ring (bicyclic) bond motifs is 1. The molecule has 2 aromatic carbocycles. The number of pyridine rings is 1. The molecule has 6 nitrogen and oxygen atoms in total. The molecule has 1 saturated heterocycles. The Bertz CT molecular complexity index is 1280. The number of nitrogens with two attached hydrogens (primary N) is 1. The molecule has 182 valence electrons. The largest absolute Gasteiger partial charge is 0.383 e. The molecule has 0 spiro atoms. The van der Waals surface area contributed by atoms with Gasteiger partial charge in [0, 0.05) is 36.4 Å². The smallest absolute Gasteiger partial charge is 0.254 e. The highest BCUT2D eigenvalue weighted by molar-refractivity contribution is 5.98. The van der Waals surface area contributed by atoms with Crippen LogP contribution < -0.4 is 16.0 Å². The standard InChI is InChI=1S/C27H28F2N4O2/c1-15(2)23-14-33(9-10-35-23)19-5-3-16(4-6-19)20-13-21(26(30)32-25(20)29)18-11-17-7-8-31-27(34)24(17)22(28)12-18/h3-6,11-13,15,23H,7-10,14H2,1-2H3,(H2,30,32)(H,31,34)/t23-/m0/s1. The average Bonchev–Trinajstić information content (AvgIpc) is 2.84. The molecule has 2 aliphatic heterocycles. The van der Waals surface area contributed by atoms with Gasteiger partial charge in [-0.2, -0.15) is 4.39 Å². The van der Waals surface area contributed by atoms with Gasteiger partial charge in [0.1, 0.15) is 11.6 Å². The number of nitrogen functional groups attached to an aromatic ring is 1. The summed E-state index contributed by atoms with van der Waals surface area (Å²) in [6.45, 7) is 7.01. The van der Waals surface area contributed by atoms with Crippen molar-refractivity contribution in [2.45, 2.75) is 26.4 Å². The van der Waals surface area contributed by atoms with E-state index in [0.717, 1.165) is 18.8 Å². The zero-order valence-electron chi connectivity index (χ0n) is 19.8. The van der Waals surface area contributed by atoms with Crippen LogP contribution in [-0.4, -0.2) is 43.2 Å². The third-order valence-electron chi connectivity index (χ3n) is 6.78. The minimum atomic E-state index is -0.692. The van der Waals surface area contributed by atoms with Crippen LogP contribution in [0.3, 0.4) is 0 Å². The van der Waals surface area contributed by atoms with E-state index in [4.69, 9.17) is 10.5 Å². The molecular formula is C27H28F2N4O2. The number of carbonyl (C=O) groups excluding carboxylic acids is 1. The van der Waals surface area contributed by atoms with E-state index in [0.29, 0.717) is 47.7 Å². The number of hydrogen-bond donors (Lipinski definition) is 2. The second-order valence-corrected chi connectivity index (χ2v) is 9.40. The number of nitrogens with one attached hydrogen (secondary N) is 1. The monoisotopic (exact) mass is 478 g/mol. The van der Waals surface area contributed by atoms with Crippen molar-refractivity contribution in [3.05, 3.63) is 65.4 Å². The number of carbonyl (C=O) groups is 1. The Morgan fingerprint density at radius 1 is 1.11 bits per heavy atom. The summed E-state index contributed by atoms with van der Waals surface area (Å²) >= 11 is 0. The second-order valence-electron chi connectivity index (χ2n) is 9.40. The number of nitrogens with zero attached hydrogens (tertiary/aromatic N) is 2. The first-order chi connectivity index (χ1) is 16.8. The SMILES string of the molecule is CC(C)[C@@H]1CN(c2ccc(-c3cc(-c4cc(F)c5c(c4)CCNC5=O)c(N)nc3F)cc2)CCO1. The molecular weight excluding hydrogens is 450 g/mol. The molecule has 35 heavy (non-hydrogen) atoms. The Morgan fingerprint density at radius 3 is 2.63 bits per heavy atom. The maximum absolute atomic E-state index is 14.9. The van der Waals surface area contributed by atoms with Gasteiger partial charge in [0.2, 0.25) is 5.95 Å². The fourth-order valence-corrected chi connectivity index (χ4v) is 4.77. The van der Waals surface area contributed by atoms with Gasteiger partial charge >= 0.3 is 0 Å². The van der Waals surface area contributed by atoms with Crippen molar-refractivity contribution in [2.75, 3.05) is 36.9 Å². The quantitative estimate of drug-likeness (QED) is 0.543. The zero-order valence-corrected chi connectivity index (χ0v) is 19.8. The van der Waals surface area contributed by atoms with Crippen LogP contribution in [0.1, 0.15) is 29.8 Å². The molecule has 8 heteroatoms. The van der Waals surface area contributed by atoms with Crippen LogP contribution in [0.4, 0.5) is 20.3 Å². The Balaban J connectivity index is 1.47. The Morgan fingerprint density at radius 2 is 1.89 bits per heavy atom. The summed E-state index contributed by atoms with van der Waals surface area (Å²) in [5.74, 6) is -1.36. The second kappa shape index (κ2) is 9.26. The van der Waals surface area contributed by atoms with Crippen LogP contribution in [0, 0.1) is 17.7 Å². The van der Waals surface area contributed by atoms with Gasteiger partial charge in [-0.1, -0.05) is 26.0 Å². The lowest BCUT2D eigenvalue weighted by molar-refractivity contribution is 0.0114. The van der Waals surface area contributed by atoms with Crippen LogP contribution in [0.5, 0.6) is 0 Å². The van der Waals surface area contributed by atoms with E-state index in [1.165, 1.54) is 6.07 Å². The fraction of sp³-hybridized carbons (Fsp3) is 0.333. The third-order valence-corrected chi connectivity index (χ3v) is 6.78. The summed E-state index contributed by atoms with van der Waals surface area (Å²) in [7, 11) is 0. The minimum absolute atomic E-state index is 0.0319. The first kappa shape index (κ1) is 23.2. The number of halogens is 2. The normalized spacial score (nSPS) is 17.9. The molecule has 1 aromatic heterocycles. The molecule has 1 atom stereocenters.